The van der Waals surface area contributed by atoms with E-state index in [1.54, 1.807) is 18.2 Å². The maximum absolute atomic E-state index is 12.2. The molecular weight excluding hydrogens is 382 g/mol. The summed E-state index contributed by atoms with van der Waals surface area (Å²) in [5.41, 5.74) is 1.77. The standard InChI is InChI=1S/C15H16BrN3O3S/c16-12-4-6-13(7-5-12)23(21,22)17-8-9-19-15(20)10-11-2-1-3-14(11)18-19/h4-7,10,17H,1-3,8-9H2. The number of halogens is 1. The highest BCUT2D eigenvalue weighted by molar-refractivity contribution is 9.10. The molecule has 3 rings (SSSR count). The van der Waals surface area contributed by atoms with Crippen LogP contribution in [-0.4, -0.2) is 24.7 Å². The van der Waals surface area contributed by atoms with E-state index in [0.717, 1.165) is 35.0 Å². The molecule has 1 N–H and O–H groups in total. The van der Waals surface area contributed by atoms with Crippen molar-refractivity contribution in [2.24, 2.45) is 0 Å². The largest absolute Gasteiger partial charge is 0.268 e. The van der Waals surface area contributed by atoms with Gasteiger partial charge in [0, 0.05) is 17.1 Å². The van der Waals surface area contributed by atoms with Crippen LogP contribution in [0.3, 0.4) is 0 Å². The van der Waals surface area contributed by atoms with Gasteiger partial charge in [0.25, 0.3) is 5.56 Å². The summed E-state index contributed by atoms with van der Waals surface area (Å²) >= 11 is 3.27. The molecule has 0 saturated carbocycles. The van der Waals surface area contributed by atoms with Crippen molar-refractivity contribution in [3.63, 3.8) is 0 Å². The first-order valence-corrected chi connectivity index (χ1v) is 9.58. The molecule has 0 fully saturated rings. The maximum atomic E-state index is 12.2. The van der Waals surface area contributed by atoms with Crippen LogP contribution in [0.5, 0.6) is 0 Å². The Balaban J connectivity index is 1.67. The van der Waals surface area contributed by atoms with E-state index in [2.05, 4.69) is 25.8 Å². The third-order valence-electron chi connectivity index (χ3n) is 3.76. The van der Waals surface area contributed by atoms with Gasteiger partial charge in [0.15, 0.2) is 0 Å². The summed E-state index contributed by atoms with van der Waals surface area (Å²) in [5.74, 6) is 0. The molecule has 122 valence electrons. The molecule has 1 aromatic carbocycles. The number of sulfonamides is 1. The molecular formula is C15H16BrN3O3S. The molecule has 1 heterocycles. The highest BCUT2D eigenvalue weighted by Crippen LogP contribution is 2.17. The van der Waals surface area contributed by atoms with Crippen molar-refractivity contribution in [2.45, 2.75) is 30.7 Å². The lowest BCUT2D eigenvalue weighted by Gasteiger charge is -2.09. The molecule has 1 aromatic heterocycles. The molecule has 23 heavy (non-hydrogen) atoms. The zero-order valence-corrected chi connectivity index (χ0v) is 14.7. The number of aromatic nitrogens is 2. The molecule has 0 atom stereocenters. The van der Waals surface area contributed by atoms with Gasteiger partial charge in [-0.15, -0.1) is 0 Å². The van der Waals surface area contributed by atoms with Gasteiger partial charge in [0.05, 0.1) is 17.1 Å². The van der Waals surface area contributed by atoms with Gasteiger partial charge < -0.3 is 0 Å². The van der Waals surface area contributed by atoms with Crippen LogP contribution < -0.4 is 10.3 Å². The second-order valence-electron chi connectivity index (χ2n) is 5.38. The molecule has 2 aromatic rings. The molecule has 0 bridgehead atoms. The highest BCUT2D eigenvalue weighted by Gasteiger charge is 2.16. The number of fused-ring (bicyclic) bond motifs is 1. The van der Waals surface area contributed by atoms with E-state index >= 15 is 0 Å². The SMILES string of the molecule is O=c1cc2c(nn1CCNS(=O)(=O)c1ccc(Br)cc1)CCC2. The topological polar surface area (TPSA) is 81.1 Å². The lowest BCUT2D eigenvalue weighted by molar-refractivity contribution is 0.541. The summed E-state index contributed by atoms with van der Waals surface area (Å²) in [6.45, 7) is 0.325. The molecule has 1 aliphatic carbocycles. The number of benzene rings is 1. The average molecular weight is 398 g/mol. The Kier molecular flexibility index (Phi) is 4.65. The Morgan fingerprint density at radius 2 is 1.96 bits per heavy atom. The molecule has 0 saturated heterocycles. The summed E-state index contributed by atoms with van der Waals surface area (Å²) in [7, 11) is -3.59. The molecule has 0 unspecified atom stereocenters. The molecule has 0 amide bonds. The van der Waals surface area contributed by atoms with Gasteiger partial charge in [-0.1, -0.05) is 15.9 Å². The van der Waals surface area contributed by atoms with Crippen molar-refractivity contribution in [2.75, 3.05) is 6.54 Å². The number of hydrogen-bond donors (Lipinski definition) is 1. The third-order valence-corrected chi connectivity index (χ3v) is 5.77. The zero-order valence-electron chi connectivity index (χ0n) is 12.3. The number of hydrogen-bond acceptors (Lipinski definition) is 4. The van der Waals surface area contributed by atoms with Crippen LogP contribution in [-0.2, 0) is 29.4 Å². The Bertz CT molecular complexity index is 876. The Morgan fingerprint density at radius 1 is 1.22 bits per heavy atom. The smallest absolute Gasteiger partial charge is 0.267 e. The first-order valence-electron chi connectivity index (χ1n) is 7.31. The van der Waals surface area contributed by atoms with Gasteiger partial charge in [-0.3, -0.25) is 4.79 Å². The number of nitrogens with zero attached hydrogens (tertiary/aromatic N) is 2. The van der Waals surface area contributed by atoms with Crippen LogP contribution >= 0.6 is 15.9 Å². The second kappa shape index (κ2) is 6.54. The van der Waals surface area contributed by atoms with Crippen molar-refractivity contribution in [1.29, 1.82) is 0 Å². The maximum Gasteiger partial charge on any atom is 0.267 e. The molecule has 8 heteroatoms. The average Bonchev–Trinajstić information content (AvgIpc) is 2.95. The number of rotatable bonds is 5. The van der Waals surface area contributed by atoms with Gasteiger partial charge in [0.2, 0.25) is 10.0 Å². The molecule has 0 radical (unpaired) electrons. The van der Waals surface area contributed by atoms with Crippen molar-refractivity contribution < 1.29 is 8.42 Å². The summed E-state index contributed by atoms with van der Waals surface area (Å²) in [5, 5.41) is 4.32. The number of nitrogens with one attached hydrogen (secondary N) is 1. The first-order chi connectivity index (χ1) is 11.0. The summed E-state index contributed by atoms with van der Waals surface area (Å²) in [6.07, 6.45) is 2.79. The van der Waals surface area contributed by atoms with Crippen molar-refractivity contribution in [3.8, 4) is 0 Å². The van der Waals surface area contributed by atoms with Crippen molar-refractivity contribution in [3.05, 3.63) is 56.4 Å². The molecule has 0 spiro atoms. The van der Waals surface area contributed by atoms with Crippen LogP contribution in [0.2, 0.25) is 0 Å². The minimum Gasteiger partial charge on any atom is -0.268 e. The van der Waals surface area contributed by atoms with E-state index in [-0.39, 0.29) is 23.5 Å². The highest BCUT2D eigenvalue weighted by atomic mass is 79.9. The summed E-state index contributed by atoms with van der Waals surface area (Å²) in [6, 6.07) is 7.99. The van der Waals surface area contributed by atoms with E-state index in [0.29, 0.717) is 0 Å². The van der Waals surface area contributed by atoms with E-state index in [1.807, 2.05) is 0 Å². The van der Waals surface area contributed by atoms with Gasteiger partial charge >= 0.3 is 0 Å². The fourth-order valence-corrected chi connectivity index (χ4v) is 3.87. The molecule has 6 nitrogen and oxygen atoms in total. The van der Waals surface area contributed by atoms with Crippen LogP contribution in [0.1, 0.15) is 17.7 Å². The monoisotopic (exact) mass is 397 g/mol. The van der Waals surface area contributed by atoms with Crippen LogP contribution in [0.4, 0.5) is 0 Å². The van der Waals surface area contributed by atoms with Crippen LogP contribution in [0, 0.1) is 0 Å². The Hall–Kier alpha value is -1.51. The normalized spacial score (nSPS) is 14.0. The lowest BCUT2D eigenvalue weighted by Crippen LogP contribution is -2.32. The summed E-state index contributed by atoms with van der Waals surface area (Å²) < 4.78 is 29.0. The minimum atomic E-state index is -3.59. The minimum absolute atomic E-state index is 0.115. The van der Waals surface area contributed by atoms with E-state index in [4.69, 9.17) is 0 Å². The van der Waals surface area contributed by atoms with Gasteiger partial charge in [0.1, 0.15) is 0 Å². The first kappa shape index (κ1) is 16.4. The van der Waals surface area contributed by atoms with Gasteiger partial charge in [-0.05, 0) is 49.1 Å². The van der Waals surface area contributed by atoms with Gasteiger partial charge in [-0.2, -0.15) is 5.10 Å². The molecule has 1 aliphatic rings. The lowest BCUT2D eigenvalue weighted by atomic mass is 10.2. The summed E-state index contributed by atoms with van der Waals surface area (Å²) in [4.78, 5) is 12.1. The van der Waals surface area contributed by atoms with Crippen molar-refractivity contribution in [1.82, 2.24) is 14.5 Å². The second-order valence-corrected chi connectivity index (χ2v) is 8.07. The van der Waals surface area contributed by atoms with E-state index in [9.17, 15) is 13.2 Å². The zero-order chi connectivity index (χ0) is 16.4. The van der Waals surface area contributed by atoms with Crippen LogP contribution in [0.15, 0.2) is 44.5 Å². The van der Waals surface area contributed by atoms with Crippen molar-refractivity contribution >= 4 is 26.0 Å². The fourth-order valence-electron chi connectivity index (χ4n) is 2.58. The quantitative estimate of drug-likeness (QED) is 0.827. The van der Waals surface area contributed by atoms with E-state index < -0.39 is 10.0 Å². The Labute approximate surface area is 142 Å². The fraction of sp³-hybridized carbons (Fsp3) is 0.333. The third kappa shape index (κ3) is 3.70. The Morgan fingerprint density at radius 3 is 2.70 bits per heavy atom. The van der Waals surface area contributed by atoms with Gasteiger partial charge in [-0.25, -0.2) is 17.8 Å². The van der Waals surface area contributed by atoms with E-state index in [1.165, 1.54) is 16.8 Å². The molecule has 0 aliphatic heterocycles. The number of aryl methyl sites for hydroxylation is 2. The predicted octanol–water partition coefficient (Wildman–Crippen LogP) is 1.47. The predicted molar refractivity (Wildman–Crippen MR) is 89.9 cm³/mol. The van der Waals surface area contributed by atoms with Crippen LogP contribution in [0.25, 0.3) is 0 Å².